The summed E-state index contributed by atoms with van der Waals surface area (Å²) in [5, 5.41) is 6.69. The lowest BCUT2D eigenvalue weighted by Gasteiger charge is -2.38. The van der Waals surface area contributed by atoms with Gasteiger partial charge >= 0.3 is 0 Å². The van der Waals surface area contributed by atoms with E-state index in [1.807, 2.05) is 30.3 Å². The third-order valence-electron chi connectivity index (χ3n) is 6.45. The highest BCUT2D eigenvalue weighted by atomic mass is 16.5. The van der Waals surface area contributed by atoms with Crippen LogP contribution in [0.15, 0.2) is 91.0 Å². The molecule has 0 aliphatic carbocycles. The zero-order valence-electron chi connectivity index (χ0n) is 18.5. The van der Waals surface area contributed by atoms with E-state index < -0.39 is 0 Å². The van der Waals surface area contributed by atoms with Crippen LogP contribution in [0.4, 0.5) is 0 Å². The topological polar surface area (TPSA) is 50.4 Å². The van der Waals surface area contributed by atoms with Gasteiger partial charge in [0.25, 0.3) is 0 Å². The fraction of sp³-hybridized carbons (Fsp3) is 0.321. The predicted molar refractivity (Wildman–Crippen MR) is 129 cm³/mol. The van der Waals surface area contributed by atoms with E-state index in [2.05, 4.69) is 71.3 Å². The molecule has 1 amide bonds. The van der Waals surface area contributed by atoms with Gasteiger partial charge in [-0.2, -0.15) is 0 Å². The maximum atomic E-state index is 12.8. The largest absolute Gasteiger partial charge is 0.381 e. The van der Waals surface area contributed by atoms with Gasteiger partial charge in [-0.05, 0) is 36.0 Å². The Hall–Kier alpha value is -2.95. The van der Waals surface area contributed by atoms with E-state index in [0.29, 0.717) is 6.54 Å². The van der Waals surface area contributed by atoms with Gasteiger partial charge in [0, 0.05) is 31.2 Å². The number of hydrogen-bond donors (Lipinski definition) is 2. The van der Waals surface area contributed by atoms with Gasteiger partial charge in [0.15, 0.2) is 0 Å². The highest BCUT2D eigenvalue weighted by molar-refractivity contribution is 5.78. The van der Waals surface area contributed by atoms with Crippen molar-refractivity contribution >= 4 is 5.91 Å². The van der Waals surface area contributed by atoms with E-state index >= 15 is 0 Å². The molecule has 0 spiro atoms. The van der Waals surface area contributed by atoms with E-state index in [4.69, 9.17) is 4.74 Å². The molecule has 4 rings (SSSR count). The van der Waals surface area contributed by atoms with Crippen LogP contribution in [0.3, 0.4) is 0 Å². The van der Waals surface area contributed by atoms with Crippen LogP contribution in [0, 0.1) is 0 Å². The molecule has 4 heteroatoms. The van der Waals surface area contributed by atoms with Crippen molar-refractivity contribution in [1.82, 2.24) is 10.6 Å². The van der Waals surface area contributed by atoms with E-state index in [1.165, 1.54) is 16.7 Å². The lowest BCUT2D eigenvalue weighted by molar-refractivity contribution is -0.120. The molecular formula is C28H32N2O2. The second-order valence-electron chi connectivity index (χ2n) is 8.57. The van der Waals surface area contributed by atoms with E-state index in [9.17, 15) is 4.79 Å². The number of carbonyl (C=O) groups is 1. The second kappa shape index (κ2) is 11.1. The number of amides is 1. The Bertz CT molecular complexity index is 954. The number of ether oxygens (including phenoxy) is 1. The quantitative estimate of drug-likeness (QED) is 0.530. The van der Waals surface area contributed by atoms with Crippen LogP contribution >= 0.6 is 0 Å². The molecular weight excluding hydrogens is 396 g/mol. The summed E-state index contributed by atoms with van der Waals surface area (Å²) in [5.74, 6) is 0.0285. The summed E-state index contributed by atoms with van der Waals surface area (Å²) < 4.78 is 5.61. The highest BCUT2D eigenvalue weighted by Crippen LogP contribution is 2.34. The monoisotopic (exact) mass is 428 g/mol. The lowest BCUT2D eigenvalue weighted by atomic mass is 9.74. The van der Waals surface area contributed by atoms with Gasteiger partial charge in [0.1, 0.15) is 0 Å². The molecule has 0 radical (unpaired) electrons. The summed E-state index contributed by atoms with van der Waals surface area (Å²) in [6.07, 6.45) is 2.68. The van der Waals surface area contributed by atoms with Crippen molar-refractivity contribution in [3.63, 3.8) is 0 Å². The number of benzene rings is 3. The summed E-state index contributed by atoms with van der Waals surface area (Å²) in [4.78, 5) is 12.8. The molecule has 3 aromatic carbocycles. The summed E-state index contributed by atoms with van der Waals surface area (Å²) in [6, 6.07) is 31.3. The average Bonchev–Trinajstić information content (AvgIpc) is 2.87. The Morgan fingerprint density at radius 1 is 0.844 bits per heavy atom. The molecule has 3 aromatic rings. The van der Waals surface area contributed by atoms with Gasteiger partial charge in [0.2, 0.25) is 5.91 Å². The van der Waals surface area contributed by atoms with Crippen LogP contribution in [0.2, 0.25) is 0 Å². The Labute approximate surface area is 191 Å². The van der Waals surface area contributed by atoms with Crippen LogP contribution in [0.5, 0.6) is 0 Å². The smallest absolute Gasteiger partial charge is 0.234 e. The van der Waals surface area contributed by atoms with Crippen molar-refractivity contribution < 1.29 is 9.53 Å². The first kappa shape index (κ1) is 22.3. The molecule has 1 atom stereocenters. The molecule has 0 bridgehead atoms. The number of carbonyl (C=O) groups excluding carboxylic acids is 1. The first-order chi connectivity index (χ1) is 15.8. The molecule has 32 heavy (non-hydrogen) atoms. The summed E-state index contributed by atoms with van der Waals surface area (Å²) in [5.41, 5.74) is 3.66. The van der Waals surface area contributed by atoms with Gasteiger partial charge in [-0.3, -0.25) is 4.79 Å². The normalized spacial score (nSPS) is 16.2. The molecule has 0 aromatic heterocycles. The lowest BCUT2D eigenvalue weighted by Crippen LogP contribution is -2.46. The van der Waals surface area contributed by atoms with Crippen LogP contribution in [-0.2, 0) is 21.4 Å². The predicted octanol–water partition coefficient (Wildman–Crippen LogP) is 4.42. The Kier molecular flexibility index (Phi) is 7.70. The number of nitrogens with one attached hydrogen (secondary N) is 2. The van der Waals surface area contributed by atoms with E-state index in [0.717, 1.165) is 32.5 Å². The molecule has 0 unspecified atom stereocenters. The molecule has 1 heterocycles. The first-order valence-corrected chi connectivity index (χ1v) is 11.5. The van der Waals surface area contributed by atoms with Gasteiger partial charge in [-0.25, -0.2) is 0 Å². The standard InChI is InChI=1S/C28H32N2O2/c31-27(30-22-28(16-18-32-19-17-28)25-14-8-3-9-15-25)21-29-26(24-12-6-2-7-13-24)20-23-10-4-1-5-11-23/h1-15,26,29H,16-22H2,(H,30,31)/t26-/m1/s1. The molecule has 1 aliphatic rings. The minimum atomic E-state index is -0.0575. The van der Waals surface area contributed by atoms with Crippen LogP contribution in [0.25, 0.3) is 0 Å². The Morgan fingerprint density at radius 3 is 2.09 bits per heavy atom. The summed E-state index contributed by atoms with van der Waals surface area (Å²) >= 11 is 0. The van der Waals surface area contributed by atoms with Crippen molar-refractivity contribution in [2.75, 3.05) is 26.3 Å². The SMILES string of the molecule is O=C(CN[C@H](Cc1ccccc1)c1ccccc1)NCC1(c2ccccc2)CCOCC1. The zero-order valence-corrected chi connectivity index (χ0v) is 18.5. The summed E-state index contributed by atoms with van der Waals surface area (Å²) in [6.45, 7) is 2.38. The third kappa shape index (κ3) is 5.84. The fourth-order valence-corrected chi connectivity index (χ4v) is 4.51. The molecule has 4 nitrogen and oxygen atoms in total. The molecule has 1 aliphatic heterocycles. The van der Waals surface area contributed by atoms with Gasteiger partial charge < -0.3 is 15.4 Å². The summed E-state index contributed by atoms with van der Waals surface area (Å²) in [7, 11) is 0. The van der Waals surface area contributed by atoms with Gasteiger partial charge in [0.05, 0.1) is 6.54 Å². The van der Waals surface area contributed by atoms with Crippen LogP contribution in [0.1, 0.15) is 35.6 Å². The maximum Gasteiger partial charge on any atom is 0.234 e. The van der Waals surface area contributed by atoms with Crippen molar-refractivity contribution in [3.05, 3.63) is 108 Å². The van der Waals surface area contributed by atoms with Crippen molar-refractivity contribution in [2.45, 2.75) is 30.7 Å². The molecule has 0 saturated carbocycles. The van der Waals surface area contributed by atoms with E-state index in [-0.39, 0.29) is 23.9 Å². The van der Waals surface area contributed by atoms with Gasteiger partial charge in [-0.1, -0.05) is 91.0 Å². The fourth-order valence-electron chi connectivity index (χ4n) is 4.51. The third-order valence-corrected chi connectivity index (χ3v) is 6.45. The number of rotatable bonds is 9. The van der Waals surface area contributed by atoms with Crippen molar-refractivity contribution in [1.29, 1.82) is 0 Å². The first-order valence-electron chi connectivity index (χ1n) is 11.5. The maximum absolute atomic E-state index is 12.8. The molecule has 166 valence electrons. The van der Waals surface area contributed by atoms with Crippen LogP contribution < -0.4 is 10.6 Å². The van der Waals surface area contributed by atoms with Crippen molar-refractivity contribution in [2.24, 2.45) is 0 Å². The van der Waals surface area contributed by atoms with Crippen molar-refractivity contribution in [3.8, 4) is 0 Å². The Morgan fingerprint density at radius 2 is 1.44 bits per heavy atom. The van der Waals surface area contributed by atoms with E-state index in [1.54, 1.807) is 0 Å². The minimum Gasteiger partial charge on any atom is -0.381 e. The minimum absolute atomic E-state index is 0.0285. The number of hydrogen-bond acceptors (Lipinski definition) is 3. The molecule has 1 fully saturated rings. The average molecular weight is 429 g/mol. The van der Waals surface area contributed by atoms with Crippen LogP contribution in [-0.4, -0.2) is 32.2 Å². The van der Waals surface area contributed by atoms with Gasteiger partial charge in [-0.15, -0.1) is 0 Å². The second-order valence-corrected chi connectivity index (χ2v) is 8.57. The zero-order chi connectivity index (χ0) is 22.1. The molecule has 1 saturated heterocycles. The highest BCUT2D eigenvalue weighted by Gasteiger charge is 2.34. The molecule has 2 N–H and O–H groups in total. The Balaban J connectivity index is 1.38.